The van der Waals surface area contributed by atoms with E-state index in [2.05, 4.69) is 12.2 Å². The van der Waals surface area contributed by atoms with E-state index in [1.54, 1.807) is 30.3 Å². The van der Waals surface area contributed by atoms with Crippen molar-refractivity contribution in [2.24, 2.45) is 0 Å². The van der Waals surface area contributed by atoms with E-state index in [9.17, 15) is 14.4 Å². The maximum Gasteiger partial charge on any atom is 0.265 e. The Kier molecular flexibility index (Phi) is 6.93. The summed E-state index contributed by atoms with van der Waals surface area (Å²) >= 11 is 0. The molecule has 0 atom stereocenters. The number of benzene rings is 3. The van der Waals surface area contributed by atoms with Crippen molar-refractivity contribution in [3.63, 3.8) is 0 Å². The minimum atomic E-state index is -0.373. The van der Waals surface area contributed by atoms with Crippen LogP contribution in [0.4, 0.5) is 5.69 Å². The van der Waals surface area contributed by atoms with E-state index in [0.717, 1.165) is 12.0 Å². The summed E-state index contributed by atoms with van der Waals surface area (Å²) in [5.74, 6) is 1.34. The minimum absolute atomic E-state index is 0.158. The summed E-state index contributed by atoms with van der Waals surface area (Å²) in [6.45, 7) is 1.94. The summed E-state index contributed by atoms with van der Waals surface area (Å²) in [5.41, 5.74) is 2.74. The van der Waals surface area contributed by atoms with E-state index in [0.29, 0.717) is 34.2 Å². The Morgan fingerprint density at radius 3 is 2.49 bits per heavy atom. The number of aryl methyl sites for hydroxylation is 1. The van der Waals surface area contributed by atoms with E-state index >= 15 is 0 Å². The molecule has 5 rings (SSSR count). The van der Waals surface area contributed by atoms with Crippen LogP contribution in [0.3, 0.4) is 0 Å². The van der Waals surface area contributed by atoms with E-state index in [1.807, 2.05) is 30.3 Å². The van der Waals surface area contributed by atoms with Gasteiger partial charge >= 0.3 is 0 Å². The van der Waals surface area contributed by atoms with Crippen LogP contribution >= 0.6 is 0 Å². The highest BCUT2D eigenvalue weighted by molar-refractivity contribution is 6.04. The van der Waals surface area contributed by atoms with Gasteiger partial charge in [0.1, 0.15) is 18.0 Å². The largest absolute Gasteiger partial charge is 0.485 e. The van der Waals surface area contributed by atoms with Crippen LogP contribution in [0.15, 0.2) is 60.7 Å². The molecule has 2 aliphatic heterocycles. The number of Topliss-reactive ketones (excluding diaryl/α,β-unsaturated/α-hetero) is 1. The lowest BCUT2D eigenvalue weighted by Gasteiger charge is -2.29. The van der Waals surface area contributed by atoms with Crippen molar-refractivity contribution in [2.75, 3.05) is 31.5 Å². The first-order chi connectivity index (χ1) is 18.0. The minimum Gasteiger partial charge on any atom is -0.485 e. The van der Waals surface area contributed by atoms with E-state index in [-0.39, 0.29) is 50.7 Å². The Morgan fingerprint density at radius 2 is 1.68 bits per heavy atom. The molecule has 2 aliphatic rings. The van der Waals surface area contributed by atoms with E-state index in [1.165, 1.54) is 10.5 Å². The number of anilines is 1. The van der Waals surface area contributed by atoms with E-state index in [4.69, 9.17) is 18.9 Å². The highest BCUT2D eigenvalue weighted by Gasteiger charge is 2.28. The molecular weight excluding hydrogens is 476 g/mol. The molecule has 9 nitrogen and oxygen atoms in total. The fourth-order valence-electron chi connectivity index (χ4n) is 4.05. The lowest BCUT2D eigenvalue weighted by Crippen LogP contribution is -2.45. The molecule has 1 N–H and O–H groups in total. The summed E-state index contributed by atoms with van der Waals surface area (Å²) in [5, 5.41) is 2.82. The molecule has 3 aromatic carbocycles. The maximum absolute atomic E-state index is 12.8. The topological polar surface area (TPSA) is 103 Å². The average Bonchev–Trinajstić information content (AvgIpc) is 3.40. The maximum atomic E-state index is 12.8. The van der Waals surface area contributed by atoms with Gasteiger partial charge in [0.2, 0.25) is 12.7 Å². The number of amides is 2. The van der Waals surface area contributed by atoms with Gasteiger partial charge in [-0.25, -0.2) is 0 Å². The van der Waals surface area contributed by atoms with Crippen molar-refractivity contribution in [2.45, 2.75) is 19.9 Å². The third-order valence-electron chi connectivity index (χ3n) is 6.15. The number of hydrogen-bond donors (Lipinski definition) is 1. The number of rotatable bonds is 9. The molecule has 0 saturated carbocycles. The van der Waals surface area contributed by atoms with Crippen LogP contribution in [-0.2, 0) is 22.6 Å². The third-order valence-corrected chi connectivity index (χ3v) is 6.15. The first kappa shape index (κ1) is 24.2. The van der Waals surface area contributed by atoms with Gasteiger partial charge in [-0.2, -0.15) is 0 Å². The van der Waals surface area contributed by atoms with Gasteiger partial charge in [0.05, 0.1) is 5.69 Å². The summed E-state index contributed by atoms with van der Waals surface area (Å²) in [6.07, 6.45) is 0.919. The molecule has 0 fully saturated rings. The number of hydrogen-bond acceptors (Lipinski definition) is 7. The SMILES string of the molecule is CCc1ccc(OCC(=O)c2ccc3c(c2)N(CC(=O)NCc2ccc4c(c2)OCO4)C(=O)CO3)cc1. The van der Waals surface area contributed by atoms with Crippen LogP contribution in [0.1, 0.15) is 28.4 Å². The Hall–Kier alpha value is -4.53. The molecule has 37 heavy (non-hydrogen) atoms. The number of carbonyl (C=O) groups is 3. The second kappa shape index (κ2) is 10.6. The monoisotopic (exact) mass is 502 g/mol. The first-order valence-electron chi connectivity index (χ1n) is 12.0. The van der Waals surface area contributed by atoms with Gasteiger partial charge in [-0.05, 0) is 60.0 Å². The lowest BCUT2D eigenvalue weighted by molar-refractivity contribution is -0.125. The average molecular weight is 503 g/mol. The van der Waals surface area contributed by atoms with Crippen molar-refractivity contribution >= 4 is 23.3 Å². The van der Waals surface area contributed by atoms with Crippen LogP contribution in [0.5, 0.6) is 23.0 Å². The number of carbonyl (C=O) groups excluding carboxylic acids is 3. The summed E-state index contributed by atoms with van der Waals surface area (Å²) in [4.78, 5) is 39.5. The molecule has 0 saturated heterocycles. The van der Waals surface area contributed by atoms with Gasteiger partial charge in [-0.15, -0.1) is 0 Å². The third kappa shape index (κ3) is 5.50. The number of fused-ring (bicyclic) bond motifs is 2. The Bertz CT molecular complexity index is 1340. The number of ketones is 1. The van der Waals surface area contributed by atoms with Crippen LogP contribution in [-0.4, -0.2) is 44.1 Å². The van der Waals surface area contributed by atoms with Crippen LogP contribution in [0.25, 0.3) is 0 Å². The standard InChI is InChI=1S/C28H26N2O7/c1-2-18-3-7-21(8-4-18)34-15-23(31)20-6-10-24-22(12-20)30(28(33)16-35-24)14-27(32)29-13-19-5-9-25-26(11-19)37-17-36-25/h3-12H,2,13-17H2,1H3,(H,29,32). The second-order valence-electron chi connectivity index (χ2n) is 8.62. The van der Waals surface area contributed by atoms with Crippen LogP contribution < -0.4 is 29.2 Å². The lowest BCUT2D eigenvalue weighted by atomic mass is 10.1. The van der Waals surface area contributed by atoms with Gasteiger partial charge in [-0.3, -0.25) is 19.3 Å². The molecule has 0 aliphatic carbocycles. The molecule has 2 amide bonds. The molecule has 0 unspecified atom stereocenters. The quantitative estimate of drug-likeness (QED) is 0.448. The fraction of sp³-hybridized carbons (Fsp3) is 0.250. The smallest absolute Gasteiger partial charge is 0.265 e. The normalized spacial score (nSPS) is 13.5. The Labute approximate surface area is 213 Å². The molecule has 0 spiro atoms. The highest BCUT2D eigenvalue weighted by atomic mass is 16.7. The first-order valence-corrected chi connectivity index (χ1v) is 12.0. The van der Waals surface area contributed by atoms with Crippen LogP contribution in [0, 0.1) is 0 Å². The van der Waals surface area contributed by atoms with Gasteiger partial charge in [0.15, 0.2) is 30.5 Å². The Morgan fingerprint density at radius 1 is 0.919 bits per heavy atom. The molecule has 9 heteroatoms. The van der Waals surface area contributed by atoms with Crippen molar-refractivity contribution in [1.82, 2.24) is 5.32 Å². The molecule has 0 bridgehead atoms. The van der Waals surface area contributed by atoms with E-state index < -0.39 is 0 Å². The zero-order valence-corrected chi connectivity index (χ0v) is 20.3. The molecule has 190 valence electrons. The number of nitrogens with one attached hydrogen (secondary N) is 1. The van der Waals surface area contributed by atoms with Gasteiger partial charge in [0, 0.05) is 12.1 Å². The number of ether oxygens (including phenoxy) is 4. The molecule has 0 aromatic heterocycles. The van der Waals surface area contributed by atoms with Crippen molar-refractivity contribution in [3.05, 3.63) is 77.4 Å². The van der Waals surface area contributed by atoms with Gasteiger partial charge < -0.3 is 24.3 Å². The predicted octanol–water partition coefficient (Wildman–Crippen LogP) is 3.28. The van der Waals surface area contributed by atoms with Crippen molar-refractivity contribution in [1.29, 1.82) is 0 Å². The van der Waals surface area contributed by atoms with Gasteiger partial charge in [0.25, 0.3) is 5.91 Å². The Balaban J connectivity index is 1.23. The predicted molar refractivity (Wildman–Crippen MR) is 134 cm³/mol. The second-order valence-corrected chi connectivity index (χ2v) is 8.62. The summed E-state index contributed by atoms with van der Waals surface area (Å²) in [6, 6.07) is 17.8. The zero-order chi connectivity index (χ0) is 25.8. The molecule has 3 aromatic rings. The summed E-state index contributed by atoms with van der Waals surface area (Å²) < 4.78 is 21.8. The molecule has 0 radical (unpaired) electrons. The highest BCUT2D eigenvalue weighted by Crippen LogP contribution is 2.34. The van der Waals surface area contributed by atoms with Crippen molar-refractivity contribution in [3.8, 4) is 23.0 Å². The zero-order valence-electron chi connectivity index (χ0n) is 20.3. The van der Waals surface area contributed by atoms with Crippen LogP contribution in [0.2, 0.25) is 0 Å². The fourth-order valence-corrected chi connectivity index (χ4v) is 4.05. The summed E-state index contributed by atoms with van der Waals surface area (Å²) in [7, 11) is 0. The number of nitrogens with zero attached hydrogens (tertiary/aromatic N) is 1. The molecule has 2 heterocycles. The molecular formula is C28H26N2O7. The van der Waals surface area contributed by atoms with Crippen molar-refractivity contribution < 1.29 is 33.3 Å². The van der Waals surface area contributed by atoms with Gasteiger partial charge in [-0.1, -0.05) is 25.1 Å².